The third-order valence-electron chi connectivity index (χ3n) is 0.737. The van der Waals surface area contributed by atoms with Crippen molar-refractivity contribution in [3.8, 4) is 0 Å². The summed E-state index contributed by atoms with van der Waals surface area (Å²) >= 11 is 0. The molecule has 0 saturated heterocycles. The second-order valence-corrected chi connectivity index (χ2v) is 1.57. The molecule has 0 aromatic rings. The molecule has 0 aliphatic heterocycles. The van der Waals surface area contributed by atoms with E-state index in [4.69, 9.17) is 4.79 Å². The lowest BCUT2D eigenvalue weighted by molar-refractivity contribution is -0.140. The molecule has 0 aromatic heterocycles. The lowest BCUT2D eigenvalue weighted by Gasteiger charge is -1.98. The van der Waals surface area contributed by atoms with Crippen LogP contribution in [0.4, 0.5) is 13.2 Å². The number of ether oxygens (including phenoxy) is 1. The van der Waals surface area contributed by atoms with Gasteiger partial charge in [0.2, 0.25) is 0 Å². The van der Waals surface area contributed by atoms with Crippen LogP contribution in [-0.2, 0) is 9.53 Å². The zero-order chi connectivity index (χ0) is 9.07. The Hall–Kier alpha value is -1.07. The minimum atomic E-state index is -5.02. The van der Waals surface area contributed by atoms with Crippen molar-refractivity contribution in [3.63, 3.8) is 0 Å². The molecule has 0 fully saturated rings. The quantitative estimate of drug-likeness (QED) is 0.348. The van der Waals surface area contributed by atoms with Gasteiger partial charge in [0.1, 0.15) is 0 Å². The average molecular weight is 171 g/mol. The summed E-state index contributed by atoms with van der Waals surface area (Å²) in [6, 6.07) is 0. The van der Waals surface area contributed by atoms with E-state index >= 15 is 0 Å². The predicted molar refractivity (Wildman–Crippen MR) is 29.6 cm³/mol. The Morgan fingerprint density at radius 3 is 2.27 bits per heavy atom. The minimum Gasteiger partial charge on any atom is -0.456 e. The fourth-order valence-corrected chi connectivity index (χ4v) is 0.315. The van der Waals surface area contributed by atoms with Gasteiger partial charge in [-0.2, -0.15) is 13.2 Å². The number of ketones is 1. The highest BCUT2D eigenvalue weighted by Gasteiger charge is 2.51. The maximum absolute atomic E-state index is 11.4. The Morgan fingerprint density at radius 1 is 1.55 bits per heavy atom. The van der Waals surface area contributed by atoms with Crippen LogP contribution in [0.1, 0.15) is 6.92 Å². The summed E-state index contributed by atoms with van der Waals surface area (Å²) in [4.78, 5) is 18.3. The number of rotatable bonds is 2. The molecule has 3 nitrogen and oxygen atoms in total. The second-order valence-electron chi connectivity index (χ2n) is 1.57. The molecule has 0 aromatic carbocycles. The smallest absolute Gasteiger partial charge is 0.456 e. The summed E-state index contributed by atoms with van der Waals surface area (Å²) in [5, 5.41) is 0. The standard InChI is InChI=1S/C5H5F3O3/c1-2-11-4(10)3(9)5(6,7)8/h2H2,1H3/p+1. The monoisotopic (exact) mass is 171 g/mol. The molecule has 0 aliphatic carbocycles. The van der Waals surface area contributed by atoms with Gasteiger partial charge in [-0.15, -0.1) is 0 Å². The predicted octanol–water partition coefficient (Wildman–Crippen LogP) is 0.657. The van der Waals surface area contributed by atoms with Gasteiger partial charge in [0.05, 0.1) is 6.61 Å². The Kier molecular flexibility index (Phi) is 3.03. The van der Waals surface area contributed by atoms with Crippen LogP contribution in [0.15, 0.2) is 0 Å². The van der Waals surface area contributed by atoms with Gasteiger partial charge in [-0.05, 0) is 6.92 Å². The Balaban J connectivity index is 4.15. The first kappa shape index (κ1) is 9.93. The molecule has 1 N–H and O–H groups in total. The molecule has 0 rings (SSSR count). The summed E-state index contributed by atoms with van der Waals surface area (Å²) in [6.07, 6.45) is -5.02. The van der Waals surface area contributed by atoms with E-state index in [9.17, 15) is 18.0 Å². The Morgan fingerprint density at radius 2 is 2.00 bits per heavy atom. The van der Waals surface area contributed by atoms with E-state index in [0.29, 0.717) is 0 Å². The molecule has 0 heterocycles. The van der Waals surface area contributed by atoms with Crippen molar-refractivity contribution in [1.82, 2.24) is 0 Å². The van der Waals surface area contributed by atoms with E-state index in [1.807, 2.05) is 0 Å². The van der Waals surface area contributed by atoms with Crippen molar-refractivity contribution >= 4 is 11.8 Å². The molecular weight excluding hydrogens is 165 g/mol. The first-order chi connectivity index (χ1) is 4.89. The number of esters is 1. The number of hydrogen-bond acceptors (Lipinski definition) is 2. The van der Waals surface area contributed by atoms with Crippen molar-refractivity contribution in [3.05, 3.63) is 0 Å². The van der Waals surface area contributed by atoms with Crippen LogP contribution in [0.3, 0.4) is 0 Å². The van der Waals surface area contributed by atoms with Gasteiger partial charge in [0.15, 0.2) is 0 Å². The summed E-state index contributed by atoms with van der Waals surface area (Å²) in [6.45, 7) is 1.13. The molecule has 6 heteroatoms. The molecule has 0 atom stereocenters. The number of hydrogen-bond donors (Lipinski definition) is 0. The van der Waals surface area contributed by atoms with Gasteiger partial charge >= 0.3 is 17.9 Å². The highest BCUT2D eigenvalue weighted by Crippen LogP contribution is 2.16. The number of alkyl halides is 3. The van der Waals surface area contributed by atoms with Crippen molar-refractivity contribution in [2.45, 2.75) is 13.1 Å². The molecule has 0 saturated carbocycles. The van der Waals surface area contributed by atoms with Crippen LogP contribution >= 0.6 is 0 Å². The van der Waals surface area contributed by atoms with Crippen molar-refractivity contribution in [1.29, 1.82) is 0 Å². The third-order valence-corrected chi connectivity index (χ3v) is 0.737. The van der Waals surface area contributed by atoms with Gasteiger partial charge in [0.25, 0.3) is 0 Å². The van der Waals surface area contributed by atoms with Crippen LogP contribution in [0, 0.1) is 0 Å². The number of carbonyl (C=O) groups excluding carboxylic acids is 2. The molecule has 0 radical (unpaired) electrons. The van der Waals surface area contributed by atoms with E-state index in [1.54, 1.807) is 0 Å². The molecule has 0 bridgehead atoms. The van der Waals surface area contributed by atoms with Gasteiger partial charge < -0.3 is 4.74 Å². The highest BCUT2D eigenvalue weighted by atomic mass is 19.4. The topological polar surface area (TPSA) is 47.7 Å². The fraction of sp³-hybridized carbons (Fsp3) is 0.600. The second kappa shape index (κ2) is 3.36. The van der Waals surface area contributed by atoms with Gasteiger partial charge in [-0.25, -0.2) is 4.79 Å². The average Bonchev–Trinajstić information content (AvgIpc) is 1.85. The molecule has 0 aliphatic rings. The lowest BCUT2D eigenvalue weighted by atomic mass is 10.4. The molecule has 11 heavy (non-hydrogen) atoms. The Bertz CT molecular complexity index is 172. The first-order valence-corrected chi connectivity index (χ1v) is 2.69. The molecular formula is C5H6F3O3+. The van der Waals surface area contributed by atoms with Crippen LogP contribution < -0.4 is 0 Å². The highest BCUT2D eigenvalue weighted by molar-refractivity contribution is 6.36. The van der Waals surface area contributed by atoms with E-state index in [1.165, 1.54) is 6.92 Å². The van der Waals surface area contributed by atoms with E-state index < -0.39 is 17.9 Å². The van der Waals surface area contributed by atoms with Crippen LogP contribution in [-0.4, -0.2) is 29.3 Å². The molecule has 0 amide bonds. The molecule has 64 valence electrons. The summed E-state index contributed by atoms with van der Waals surface area (Å²) in [5.41, 5.74) is 0. The van der Waals surface area contributed by atoms with Crippen LogP contribution in [0.2, 0.25) is 0 Å². The van der Waals surface area contributed by atoms with Crippen molar-refractivity contribution in [2.75, 3.05) is 6.61 Å². The van der Waals surface area contributed by atoms with E-state index in [0.717, 1.165) is 0 Å². The third kappa shape index (κ3) is 3.01. The molecule has 0 unspecified atom stereocenters. The maximum atomic E-state index is 11.4. The van der Waals surface area contributed by atoms with Gasteiger partial charge in [0, 0.05) is 0 Å². The molecule has 0 spiro atoms. The minimum absolute atomic E-state index is 0.209. The van der Waals surface area contributed by atoms with Crippen LogP contribution in [0.5, 0.6) is 0 Å². The number of halogens is 3. The SMILES string of the molecule is CCOC(=O)C(=[OH+])C(F)(F)F. The van der Waals surface area contributed by atoms with E-state index in [2.05, 4.69) is 4.74 Å². The van der Waals surface area contributed by atoms with Crippen LogP contribution in [0.25, 0.3) is 0 Å². The summed E-state index contributed by atoms with van der Waals surface area (Å²) in [5.74, 6) is -3.97. The zero-order valence-electron chi connectivity index (χ0n) is 5.60. The maximum Gasteiger partial charge on any atom is 0.517 e. The van der Waals surface area contributed by atoms with Gasteiger partial charge in [-0.3, -0.25) is 4.79 Å². The fourth-order valence-electron chi connectivity index (χ4n) is 0.315. The largest absolute Gasteiger partial charge is 0.517 e. The summed E-state index contributed by atoms with van der Waals surface area (Å²) < 4.78 is 38.2. The lowest BCUT2D eigenvalue weighted by Crippen LogP contribution is -2.32. The normalized spacial score (nSPS) is 10.9. The van der Waals surface area contributed by atoms with Gasteiger partial charge in [-0.1, -0.05) is 0 Å². The number of carbonyl (C=O) groups is 1. The Labute approximate surface area is 60.1 Å². The summed E-state index contributed by atoms with van der Waals surface area (Å²) in [7, 11) is 0. The van der Waals surface area contributed by atoms with Crippen molar-refractivity contribution in [2.24, 2.45) is 0 Å². The first-order valence-electron chi connectivity index (χ1n) is 2.69. The van der Waals surface area contributed by atoms with E-state index in [-0.39, 0.29) is 6.61 Å². The zero-order valence-corrected chi connectivity index (χ0v) is 5.60. The van der Waals surface area contributed by atoms with Crippen molar-refractivity contribution < 1.29 is 27.5 Å².